The zero-order chi connectivity index (χ0) is 14.4. The lowest BCUT2D eigenvalue weighted by molar-refractivity contribution is -0.157. The maximum absolute atomic E-state index is 12.5. The van der Waals surface area contributed by atoms with Crippen molar-refractivity contribution in [2.45, 2.75) is 51.2 Å². The molecular weight excluding hydrogens is 258 g/mol. The Morgan fingerprint density at radius 3 is 2.70 bits per heavy atom. The molecule has 20 heavy (non-hydrogen) atoms. The van der Waals surface area contributed by atoms with Crippen molar-refractivity contribution in [3.05, 3.63) is 0 Å². The molecule has 2 unspecified atom stereocenters. The summed E-state index contributed by atoms with van der Waals surface area (Å²) in [6.45, 7) is 6.95. The Balaban J connectivity index is 2.01. The summed E-state index contributed by atoms with van der Waals surface area (Å²) in [4.78, 5) is 12.5. The van der Waals surface area contributed by atoms with E-state index in [4.69, 9.17) is 14.2 Å². The highest BCUT2D eigenvalue weighted by molar-refractivity contribution is 5.82. The molecule has 1 saturated carbocycles. The van der Waals surface area contributed by atoms with Gasteiger partial charge in [0.15, 0.2) is 0 Å². The van der Waals surface area contributed by atoms with E-state index in [1.54, 1.807) is 0 Å². The van der Waals surface area contributed by atoms with E-state index in [1.807, 2.05) is 6.92 Å². The molecular formula is C15H27NO4. The van der Waals surface area contributed by atoms with Gasteiger partial charge in [0.05, 0.1) is 25.9 Å². The molecule has 1 N–H and O–H groups in total. The standard InChI is InChI=1S/C15H27NO4/c1-3-8-16-15(12-5-6-12,14(17)19-4-2)11-20-13-7-9-18-10-13/h12-13,16H,3-11H2,1-2H3. The van der Waals surface area contributed by atoms with Crippen LogP contribution in [0.5, 0.6) is 0 Å². The van der Waals surface area contributed by atoms with Crippen LogP contribution in [0.25, 0.3) is 0 Å². The quantitative estimate of drug-likeness (QED) is 0.651. The summed E-state index contributed by atoms with van der Waals surface area (Å²) >= 11 is 0. The van der Waals surface area contributed by atoms with Crippen LogP contribution in [0.15, 0.2) is 0 Å². The van der Waals surface area contributed by atoms with Gasteiger partial charge in [0.1, 0.15) is 5.54 Å². The molecule has 0 aromatic heterocycles. The van der Waals surface area contributed by atoms with E-state index >= 15 is 0 Å². The van der Waals surface area contributed by atoms with Crippen molar-refractivity contribution in [1.82, 2.24) is 5.32 Å². The number of hydrogen-bond donors (Lipinski definition) is 1. The van der Waals surface area contributed by atoms with Crippen molar-refractivity contribution >= 4 is 5.97 Å². The fourth-order valence-electron chi connectivity index (χ4n) is 2.69. The maximum Gasteiger partial charge on any atom is 0.329 e. The monoisotopic (exact) mass is 285 g/mol. The third kappa shape index (κ3) is 3.71. The topological polar surface area (TPSA) is 56.8 Å². The number of ether oxygens (including phenoxy) is 3. The number of nitrogens with one attached hydrogen (secondary N) is 1. The highest BCUT2D eigenvalue weighted by Gasteiger charge is 2.52. The first kappa shape index (κ1) is 15.7. The van der Waals surface area contributed by atoms with Gasteiger partial charge in [-0.1, -0.05) is 6.92 Å². The minimum atomic E-state index is -0.658. The first-order valence-electron chi connectivity index (χ1n) is 7.84. The van der Waals surface area contributed by atoms with Gasteiger partial charge in [0.2, 0.25) is 0 Å². The van der Waals surface area contributed by atoms with Gasteiger partial charge in [-0.25, -0.2) is 4.79 Å². The first-order valence-corrected chi connectivity index (χ1v) is 7.84. The van der Waals surface area contributed by atoms with Crippen LogP contribution in [0, 0.1) is 5.92 Å². The van der Waals surface area contributed by atoms with Crippen LogP contribution in [-0.4, -0.2) is 50.6 Å². The van der Waals surface area contributed by atoms with Crippen molar-refractivity contribution < 1.29 is 19.0 Å². The second-order valence-electron chi connectivity index (χ2n) is 5.69. The molecule has 0 spiro atoms. The zero-order valence-electron chi connectivity index (χ0n) is 12.7. The van der Waals surface area contributed by atoms with Gasteiger partial charge in [0.25, 0.3) is 0 Å². The third-order valence-corrected chi connectivity index (χ3v) is 4.04. The Labute approximate surface area is 121 Å². The van der Waals surface area contributed by atoms with Crippen LogP contribution >= 0.6 is 0 Å². The molecule has 2 atom stereocenters. The zero-order valence-corrected chi connectivity index (χ0v) is 12.7. The molecule has 1 heterocycles. The summed E-state index contributed by atoms with van der Waals surface area (Å²) < 4.78 is 16.6. The first-order chi connectivity index (χ1) is 9.73. The average Bonchev–Trinajstić information content (AvgIpc) is 3.16. The van der Waals surface area contributed by atoms with Gasteiger partial charge in [-0.2, -0.15) is 0 Å². The van der Waals surface area contributed by atoms with Crippen LogP contribution in [0.3, 0.4) is 0 Å². The average molecular weight is 285 g/mol. The largest absolute Gasteiger partial charge is 0.465 e. The van der Waals surface area contributed by atoms with Gasteiger partial charge < -0.3 is 14.2 Å². The molecule has 2 fully saturated rings. The van der Waals surface area contributed by atoms with Gasteiger partial charge in [0, 0.05) is 6.61 Å². The Morgan fingerprint density at radius 2 is 2.15 bits per heavy atom. The molecule has 1 aliphatic carbocycles. The minimum Gasteiger partial charge on any atom is -0.465 e. The number of esters is 1. The van der Waals surface area contributed by atoms with E-state index in [-0.39, 0.29) is 12.1 Å². The molecule has 1 saturated heterocycles. The summed E-state index contributed by atoms with van der Waals surface area (Å²) in [7, 11) is 0. The summed E-state index contributed by atoms with van der Waals surface area (Å²) in [5, 5.41) is 3.41. The maximum atomic E-state index is 12.5. The number of carbonyl (C=O) groups excluding carboxylic acids is 1. The molecule has 0 radical (unpaired) electrons. The molecule has 0 bridgehead atoms. The molecule has 0 aromatic rings. The number of rotatable bonds is 9. The molecule has 0 amide bonds. The van der Waals surface area contributed by atoms with Crippen molar-refractivity contribution in [2.24, 2.45) is 5.92 Å². The summed E-state index contributed by atoms with van der Waals surface area (Å²) in [5.41, 5.74) is -0.658. The van der Waals surface area contributed by atoms with Crippen LogP contribution in [0.4, 0.5) is 0 Å². The van der Waals surface area contributed by atoms with Crippen LogP contribution < -0.4 is 5.32 Å². The minimum absolute atomic E-state index is 0.117. The normalized spacial score (nSPS) is 25.4. The second-order valence-corrected chi connectivity index (χ2v) is 5.69. The van der Waals surface area contributed by atoms with Crippen LogP contribution in [0.1, 0.15) is 39.5 Å². The highest BCUT2D eigenvalue weighted by Crippen LogP contribution is 2.41. The van der Waals surface area contributed by atoms with E-state index in [1.165, 1.54) is 0 Å². The van der Waals surface area contributed by atoms with Crippen molar-refractivity contribution in [2.75, 3.05) is 33.0 Å². The Bertz CT molecular complexity index is 313. The summed E-state index contributed by atoms with van der Waals surface area (Å²) in [6, 6.07) is 0. The summed E-state index contributed by atoms with van der Waals surface area (Å²) in [5.74, 6) is 0.185. The van der Waals surface area contributed by atoms with Crippen LogP contribution in [-0.2, 0) is 19.0 Å². The molecule has 116 valence electrons. The highest BCUT2D eigenvalue weighted by atomic mass is 16.6. The van der Waals surface area contributed by atoms with Gasteiger partial charge in [-0.05, 0) is 45.1 Å². The van der Waals surface area contributed by atoms with E-state index in [0.29, 0.717) is 25.7 Å². The van der Waals surface area contributed by atoms with Crippen LogP contribution in [0.2, 0.25) is 0 Å². The Morgan fingerprint density at radius 1 is 1.35 bits per heavy atom. The predicted octanol–water partition coefficient (Wildman–Crippen LogP) is 1.50. The van der Waals surface area contributed by atoms with Gasteiger partial charge in [-0.3, -0.25) is 5.32 Å². The van der Waals surface area contributed by atoms with E-state index in [0.717, 1.165) is 38.8 Å². The lowest BCUT2D eigenvalue weighted by atomic mass is 9.93. The van der Waals surface area contributed by atoms with Crippen molar-refractivity contribution in [3.63, 3.8) is 0 Å². The van der Waals surface area contributed by atoms with E-state index < -0.39 is 5.54 Å². The number of hydrogen-bond acceptors (Lipinski definition) is 5. The summed E-state index contributed by atoms with van der Waals surface area (Å²) in [6.07, 6.45) is 4.16. The van der Waals surface area contributed by atoms with Crippen molar-refractivity contribution in [1.29, 1.82) is 0 Å². The van der Waals surface area contributed by atoms with Gasteiger partial charge >= 0.3 is 5.97 Å². The van der Waals surface area contributed by atoms with Crippen molar-refractivity contribution in [3.8, 4) is 0 Å². The van der Waals surface area contributed by atoms with E-state index in [9.17, 15) is 4.79 Å². The molecule has 2 rings (SSSR count). The smallest absolute Gasteiger partial charge is 0.329 e. The SMILES string of the molecule is CCCNC(COC1CCOC1)(C(=O)OCC)C1CC1. The molecule has 0 aromatic carbocycles. The Hall–Kier alpha value is -0.650. The van der Waals surface area contributed by atoms with Gasteiger partial charge in [-0.15, -0.1) is 0 Å². The fraction of sp³-hybridized carbons (Fsp3) is 0.933. The third-order valence-electron chi connectivity index (χ3n) is 4.04. The Kier molecular flexibility index (Phi) is 5.81. The molecule has 1 aliphatic heterocycles. The lowest BCUT2D eigenvalue weighted by Crippen LogP contribution is -2.59. The predicted molar refractivity (Wildman–Crippen MR) is 75.6 cm³/mol. The fourth-order valence-corrected chi connectivity index (χ4v) is 2.69. The molecule has 5 heteroatoms. The lowest BCUT2D eigenvalue weighted by Gasteiger charge is -2.33. The number of carbonyl (C=O) groups is 1. The van der Waals surface area contributed by atoms with E-state index in [2.05, 4.69) is 12.2 Å². The molecule has 5 nitrogen and oxygen atoms in total. The molecule has 2 aliphatic rings. The second kappa shape index (κ2) is 7.38.